The molecule has 2 aromatic rings. The summed E-state index contributed by atoms with van der Waals surface area (Å²) in [5.41, 5.74) is -0.254. The maximum Gasteiger partial charge on any atom is 0.356 e. The number of hydrogen-bond acceptors (Lipinski definition) is 4. The highest BCUT2D eigenvalue weighted by molar-refractivity contribution is 5.87. The summed E-state index contributed by atoms with van der Waals surface area (Å²) in [6.07, 6.45) is 0. The molecule has 7 heteroatoms. The van der Waals surface area contributed by atoms with Gasteiger partial charge >= 0.3 is 5.97 Å². The first kappa shape index (κ1) is 16.8. The van der Waals surface area contributed by atoms with Crippen molar-refractivity contribution in [1.82, 2.24) is 9.78 Å². The topological polar surface area (TPSA) is 73.6 Å². The third-order valence-electron chi connectivity index (χ3n) is 3.54. The molecule has 0 bridgehead atoms. The van der Waals surface area contributed by atoms with Crippen molar-refractivity contribution in [2.24, 2.45) is 7.05 Å². The van der Waals surface area contributed by atoms with E-state index in [1.807, 2.05) is 0 Å². The van der Waals surface area contributed by atoms with Gasteiger partial charge in [-0.05, 0) is 32.0 Å². The molecule has 0 radical (unpaired) electrons. The van der Waals surface area contributed by atoms with Gasteiger partial charge in [-0.2, -0.15) is 5.10 Å². The summed E-state index contributed by atoms with van der Waals surface area (Å²) in [5, 5.41) is 13.0. The number of aromatic carboxylic acids is 1. The van der Waals surface area contributed by atoms with Gasteiger partial charge in [-0.25, -0.2) is 9.18 Å². The molecule has 0 saturated carbocycles. The highest BCUT2D eigenvalue weighted by atomic mass is 19.1. The van der Waals surface area contributed by atoms with Crippen LogP contribution in [-0.4, -0.2) is 35.1 Å². The molecule has 0 unspecified atom stereocenters. The number of ether oxygens (including phenoxy) is 2. The Morgan fingerprint density at radius 3 is 2.26 bits per heavy atom. The summed E-state index contributed by atoms with van der Waals surface area (Å²) in [5.74, 6) is -0.364. The van der Waals surface area contributed by atoms with Gasteiger partial charge in [0.1, 0.15) is 17.2 Å². The van der Waals surface area contributed by atoms with Crippen LogP contribution in [0.15, 0.2) is 18.2 Å². The van der Waals surface area contributed by atoms with E-state index in [1.54, 1.807) is 19.2 Å². The van der Waals surface area contributed by atoms with Crippen LogP contribution in [0, 0.1) is 0 Å². The van der Waals surface area contributed by atoms with E-state index in [0.717, 1.165) is 0 Å². The lowest BCUT2D eigenvalue weighted by molar-refractivity contribution is 0.0689. The van der Waals surface area contributed by atoms with E-state index in [-0.39, 0.29) is 5.69 Å². The van der Waals surface area contributed by atoms with Crippen LogP contribution in [0.1, 0.15) is 29.9 Å². The first-order valence-electron chi connectivity index (χ1n) is 6.92. The van der Waals surface area contributed by atoms with Crippen molar-refractivity contribution in [3.05, 3.63) is 29.5 Å². The lowest BCUT2D eigenvalue weighted by Crippen LogP contribution is -2.12. The summed E-state index contributed by atoms with van der Waals surface area (Å²) >= 11 is 0. The standard InChI is InChI=1S/C16H19FN2O4/c1-16(2,17)10-7-13(22-4)9(6-14(10)23-5)12-8-11(15(20)21)18-19(12)3/h6-8H,1-5H3,(H,20,21). The minimum Gasteiger partial charge on any atom is -0.496 e. The van der Waals surface area contributed by atoms with Gasteiger partial charge in [0.15, 0.2) is 5.69 Å². The second-order valence-corrected chi connectivity index (χ2v) is 5.57. The predicted molar refractivity (Wildman–Crippen MR) is 82.8 cm³/mol. The first-order valence-corrected chi connectivity index (χ1v) is 6.92. The number of methoxy groups -OCH3 is 2. The van der Waals surface area contributed by atoms with Gasteiger partial charge in [0.2, 0.25) is 0 Å². The Bertz CT molecular complexity index is 747. The van der Waals surface area contributed by atoms with Crippen LogP contribution in [-0.2, 0) is 12.7 Å². The zero-order chi connectivity index (χ0) is 17.4. The largest absolute Gasteiger partial charge is 0.496 e. The minimum absolute atomic E-state index is 0.0848. The Balaban J connectivity index is 2.70. The normalized spacial score (nSPS) is 11.4. The number of carbonyl (C=O) groups is 1. The monoisotopic (exact) mass is 322 g/mol. The number of alkyl halides is 1. The zero-order valence-corrected chi connectivity index (χ0v) is 13.7. The minimum atomic E-state index is -1.62. The molecule has 0 fully saturated rings. The Morgan fingerprint density at radius 2 is 1.83 bits per heavy atom. The number of nitrogens with zero attached hydrogens (tertiary/aromatic N) is 2. The van der Waals surface area contributed by atoms with E-state index in [2.05, 4.69) is 5.10 Å². The Labute approximate surface area is 133 Å². The Hall–Kier alpha value is -2.57. The number of rotatable bonds is 5. The fourth-order valence-electron chi connectivity index (χ4n) is 2.39. The molecular formula is C16H19FN2O4. The summed E-state index contributed by atoms with van der Waals surface area (Å²) < 4.78 is 26.4. The predicted octanol–water partition coefficient (Wildman–Crippen LogP) is 3.01. The van der Waals surface area contributed by atoms with Gasteiger partial charge in [-0.15, -0.1) is 0 Å². The number of carboxylic acids is 1. The molecule has 0 spiro atoms. The molecule has 23 heavy (non-hydrogen) atoms. The molecule has 1 heterocycles. The molecule has 1 N–H and O–H groups in total. The van der Waals surface area contributed by atoms with Crippen LogP contribution in [0.3, 0.4) is 0 Å². The second-order valence-electron chi connectivity index (χ2n) is 5.57. The third-order valence-corrected chi connectivity index (χ3v) is 3.54. The maximum atomic E-state index is 14.4. The van der Waals surface area contributed by atoms with Crippen molar-refractivity contribution >= 4 is 5.97 Å². The Kier molecular flexibility index (Phi) is 4.31. The van der Waals surface area contributed by atoms with Gasteiger partial charge in [0.25, 0.3) is 0 Å². The van der Waals surface area contributed by atoms with E-state index < -0.39 is 11.6 Å². The van der Waals surface area contributed by atoms with Crippen molar-refractivity contribution < 1.29 is 23.8 Å². The summed E-state index contributed by atoms with van der Waals surface area (Å²) in [4.78, 5) is 11.1. The van der Waals surface area contributed by atoms with Crippen LogP contribution in [0.25, 0.3) is 11.3 Å². The lowest BCUT2D eigenvalue weighted by Gasteiger charge is -2.21. The smallest absolute Gasteiger partial charge is 0.356 e. The van der Waals surface area contributed by atoms with Crippen molar-refractivity contribution in [2.75, 3.05) is 14.2 Å². The number of aryl methyl sites for hydroxylation is 1. The van der Waals surface area contributed by atoms with E-state index >= 15 is 0 Å². The molecule has 0 aliphatic rings. The van der Waals surface area contributed by atoms with Gasteiger partial charge < -0.3 is 14.6 Å². The molecule has 0 atom stereocenters. The molecule has 6 nitrogen and oxygen atoms in total. The van der Waals surface area contributed by atoms with Crippen molar-refractivity contribution in [3.8, 4) is 22.8 Å². The molecule has 1 aromatic carbocycles. The number of hydrogen-bond donors (Lipinski definition) is 1. The zero-order valence-electron chi connectivity index (χ0n) is 13.7. The molecule has 0 aliphatic heterocycles. The van der Waals surface area contributed by atoms with Crippen molar-refractivity contribution in [1.29, 1.82) is 0 Å². The first-order chi connectivity index (χ1) is 10.7. The third kappa shape index (κ3) is 3.13. The van der Waals surface area contributed by atoms with Crippen molar-refractivity contribution in [3.63, 3.8) is 0 Å². The number of benzene rings is 1. The summed E-state index contributed by atoms with van der Waals surface area (Å²) in [7, 11) is 4.54. The molecule has 1 aromatic heterocycles. The highest BCUT2D eigenvalue weighted by Crippen LogP contribution is 2.41. The van der Waals surface area contributed by atoms with Crippen molar-refractivity contribution in [2.45, 2.75) is 19.5 Å². The second kappa shape index (κ2) is 5.91. The summed E-state index contributed by atoms with van der Waals surface area (Å²) in [6.45, 7) is 2.85. The number of halogens is 1. The average molecular weight is 322 g/mol. The number of carboxylic acid groups (broad SMARTS) is 1. The molecule has 124 valence electrons. The molecular weight excluding hydrogens is 303 g/mol. The fourth-order valence-corrected chi connectivity index (χ4v) is 2.39. The van der Waals surface area contributed by atoms with Gasteiger partial charge in [0.05, 0.1) is 19.9 Å². The van der Waals surface area contributed by atoms with Gasteiger partial charge in [-0.3, -0.25) is 4.68 Å². The Morgan fingerprint density at radius 1 is 1.22 bits per heavy atom. The fraction of sp³-hybridized carbons (Fsp3) is 0.375. The molecule has 2 rings (SSSR count). The van der Waals surface area contributed by atoms with Crippen LogP contribution >= 0.6 is 0 Å². The average Bonchev–Trinajstić information content (AvgIpc) is 2.87. The van der Waals surface area contributed by atoms with Crippen LogP contribution in [0.2, 0.25) is 0 Å². The number of aromatic nitrogens is 2. The maximum absolute atomic E-state index is 14.4. The van der Waals surface area contributed by atoms with Gasteiger partial charge in [0, 0.05) is 18.2 Å². The SMILES string of the molecule is COc1cc(C(C)(C)F)c(OC)cc1-c1cc(C(=O)O)nn1C. The van der Waals surface area contributed by atoms with Gasteiger partial charge in [-0.1, -0.05) is 0 Å². The van der Waals surface area contributed by atoms with Crippen LogP contribution in [0.5, 0.6) is 11.5 Å². The van der Waals surface area contributed by atoms with Crippen LogP contribution in [0.4, 0.5) is 4.39 Å². The van der Waals surface area contributed by atoms with Crippen LogP contribution < -0.4 is 9.47 Å². The van der Waals surface area contributed by atoms with E-state index in [4.69, 9.17) is 14.6 Å². The van der Waals surface area contributed by atoms with E-state index in [0.29, 0.717) is 28.3 Å². The molecule has 0 saturated heterocycles. The lowest BCUT2D eigenvalue weighted by atomic mass is 9.95. The van der Waals surface area contributed by atoms with E-state index in [9.17, 15) is 9.18 Å². The molecule has 0 amide bonds. The highest BCUT2D eigenvalue weighted by Gasteiger charge is 2.27. The quantitative estimate of drug-likeness (QED) is 0.916. The molecule has 0 aliphatic carbocycles. The van der Waals surface area contributed by atoms with E-state index in [1.165, 1.54) is 38.8 Å². The summed E-state index contributed by atoms with van der Waals surface area (Å²) in [6, 6.07) is 4.61.